The lowest BCUT2D eigenvalue weighted by molar-refractivity contribution is 0.0679. The lowest BCUT2D eigenvalue weighted by atomic mass is 9.73. The minimum absolute atomic E-state index is 0.0627. The first kappa shape index (κ1) is 17.6. The number of carboxylic acids is 2. The number of hydrogen-bond acceptors (Lipinski definition) is 2. The van der Waals surface area contributed by atoms with Gasteiger partial charge in [0.2, 0.25) is 0 Å². The fraction of sp³-hybridized carbons (Fsp3) is 0.300. The molecule has 0 amide bonds. The van der Waals surface area contributed by atoms with E-state index in [0.717, 1.165) is 19.3 Å². The van der Waals surface area contributed by atoms with Crippen molar-refractivity contribution in [2.24, 2.45) is 0 Å². The van der Waals surface area contributed by atoms with Crippen LogP contribution in [0.5, 0.6) is 0 Å². The van der Waals surface area contributed by atoms with Crippen LogP contribution >= 0.6 is 0 Å². The van der Waals surface area contributed by atoms with Gasteiger partial charge in [0, 0.05) is 6.42 Å². The van der Waals surface area contributed by atoms with Crippen LogP contribution in [0.3, 0.4) is 0 Å². The average molecular weight is 324 g/mol. The zero-order chi connectivity index (χ0) is 17.6. The van der Waals surface area contributed by atoms with E-state index in [0.29, 0.717) is 12.0 Å². The molecular weight excluding hydrogens is 304 g/mol. The standard InChI is InChI=1S/C20H20O4/c1-2-3-4-6-11-20(12-7-5-8-13-20)17-14-15(18(21)22)9-10-16(17)19(23)24/h5,7-10,12,14H,2-4,13H2,1H3,(H,21,22)(H,23,24). The summed E-state index contributed by atoms with van der Waals surface area (Å²) in [6.45, 7) is 2.08. The number of hydrogen-bond donors (Lipinski definition) is 2. The maximum Gasteiger partial charge on any atom is 0.336 e. The molecule has 24 heavy (non-hydrogen) atoms. The summed E-state index contributed by atoms with van der Waals surface area (Å²) in [6, 6.07) is 4.10. The molecule has 0 saturated carbocycles. The first-order chi connectivity index (χ1) is 11.5. The van der Waals surface area contributed by atoms with Crippen molar-refractivity contribution in [2.75, 3.05) is 0 Å². The van der Waals surface area contributed by atoms with Gasteiger partial charge in [-0.05, 0) is 36.6 Å². The molecule has 0 radical (unpaired) electrons. The number of carbonyl (C=O) groups is 2. The van der Waals surface area contributed by atoms with Crippen molar-refractivity contribution in [3.8, 4) is 11.8 Å². The fourth-order valence-electron chi connectivity index (χ4n) is 2.70. The predicted octanol–water partition coefficient (Wildman–Crippen LogP) is 4.03. The molecule has 2 N–H and O–H groups in total. The second-order valence-electron chi connectivity index (χ2n) is 5.74. The van der Waals surface area contributed by atoms with Crippen molar-refractivity contribution in [2.45, 2.75) is 38.0 Å². The summed E-state index contributed by atoms with van der Waals surface area (Å²) in [4.78, 5) is 22.9. The van der Waals surface area contributed by atoms with Gasteiger partial charge in [0.05, 0.1) is 16.5 Å². The monoisotopic (exact) mass is 324 g/mol. The van der Waals surface area contributed by atoms with E-state index < -0.39 is 17.4 Å². The first-order valence-electron chi connectivity index (χ1n) is 7.95. The highest BCUT2D eigenvalue weighted by Crippen LogP contribution is 2.35. The summed E-state index contributed by atoms with van der Waals surface area (Å²) in [5, 5.41) is 18.8. The summed E-state index contributed by atoms with van der Waals surface area (Å²) >= 11 is 0. The van der Waals surface area contributed by atoms with Crippen molar-refractivity contribution < 1.29 is 19.8 Å². The smallest absolute Gasteiger partial charge is 0.336 e. The van der Waals surface area contributed by atoms with Crippen molar-refractivity contribution in [3.63, 3.8) is 0 Å². The van der Waals surface area contributed by atoms with Crippen LogP contribution in [0.2, 0.25) is 0 Å². The molecule has 0 bridgehead atoms. The Hall–Kier alpha value is -2.80. The van der Waals surface area contributed by atoms with Crippen molar-refractivity contribution in [3.05, 3.63) is 59.2 Å². The summed E-state index contributed by atoms with van der Waals surface area (Å²) in [5.41, 5.74) is -0.223. The van der Waals surface area contributed by atoms with E-state index in [1.807, 2.05) is 24.3 Å². The van der Waals surface area contributed by atoms with Crippen molar-refractivity contribution in [1.82, 2.24) is 0 Å². The third-order valence-corrected chi connectivity index (χ3v) is 4.01. The summed E-state index contributed by atoms with van der Waals surface area (Å²) in [7, 11) is 0. The number of benzene rings is 1. The lowest BCUT2D eigenvalue weighted by Crippen LogP contribution is -2.26. The average Bonchev–Trinajstić information content (AvgIpc) is 2.59. The molecule has 0 aromatic heterocycles. The maximum atomic E-state index is 11.6. The molecular formula is C20H20O4. The van der Waals surface area contributed by atoms with Gasteiger partial charge in [0.25, 0.3) is 0 Å². The molecule has 1 atom stereocenters. The molecule has 0 spiro atoms. The molecule has 124 valence electrons. The number of aromatic carboxylic acids is 2. The second kappa shape index (κ2) is 7.65. The van der Waals surface area contributed by atoms with Crippen molar-refractivity contribution in [1.29, 1.82) is 0 Å². The zero-order valence-corrected chi connectivity index (χ0v) is 13.6. The molecule has 4 nitrogen and oxygen atoms in total. The Morgan fingerprint density at radius 2 is 2.00 bits per heavy atom. The van der Waals surface area contributed by atoms with E-state index in [1.54, 1.807) is 0 Å². The van der Waals surface area contributed by atoms with Crippen LogP contribution in [-0.2, 0) is 5.41 Å². The summed E-state index contributed by atoms with van der Waals surface area (Å²) in [6.07, 6.45) is 10.8. The quantitative estimate of drug-likeness (QED) is 0.633. The minimum Gasteiger partial charge on any atom is -0.478 e. The normalized spacial score (nSPS) is 18.7. The Balaban J connectivity index is 2.60. The number of rotatable bonds is 5. The van der Waals surface area contributed by atoms with Gasteiger partial charge >= 0.3 is 11.9 Å². The van der Waals surface area contributed by atoms with E-state index in [2.05, 4.69) is 18.8 Å². The Labute approximate surface area is 141 Å². The molecule has 2 rings (SSSR count). The van der Waals surface area contributed by atoms with Crippen LogP contribution in [0.1, 0.15) is 58.9 Å². The van der Waals surface area contributed by atoms with E-state index in [4.69, 9.17) is 0 Å². The summed E-state index contributed by atoms with van der Waals surface area (Å²) < 4.78 is 0. The molecule has 1 aliphatic carbocycles. The number of unbranched alkanes of at least 4 members (excludes halogenated alkanes) is 2. The molecule has 1 aromatic rings. The molecule has 1 aromatic carbocycles. The van der Waals surface area contributed by atoms with Crippen LogP contribution < -0.4 is 0 Å². The third kappa shape index (κ3) is 3.75. The van der Waals surface area contributed by atoms with E-state index in [9.17, 15) is 19.8 Å². The minimum atomic E-state index is -1.09. The van der Waals surface area contributed by atoms with Crippen LogP contribution in [0, 0.1) is 11.8 Å². The molecule has 0 heterocycles. The van der Waals surface area contributed by atoms with Crippen molar-refractivity contribution >= 4 is 11.9 Å². The lowest BCUT2D eigenvalue weighted by Gasteiger charge is -2.28. The largest absolute Gasteiger partial charge is 0.478 e. The highest BCUT2D eigenvalue weighted by atomic mass is 16.4. The third-order valence-electron chi connectivity index (χ3n) is 4.01. The van der Waals surface area contributed by atoms with Crippen LogP contribution in [-0.4, -0.2) is 22.2 Å². The van der Waals surface area contributed by atoms with Crippen LogP contribution in [0.4, 0.5) is 0 Å². The Bertz CT molecular complexity index is 762. The van der Waals surface area contributed by atoms with Gasteiger partial charge in [0.15, 0.2) is 0 Å². The predicted molar refractivity (Wildman–Crippen MR) is 92.2 cm³/mol. The summed E-state index contributed by atoms with van der Waals surface area (Å²) in [5.74, 6) is 4.17. The highest BCUT2D eigenvalue weighted by Gasteiger charge is 2.32. The van der Waals surface area contributed by atoms with E-state index in [-0.39, 0.29) is 11.1 Å². The van der Waals surface area contributed by atoms with Gasteiger partial charge in [-0.2, -0.15) is 0 Å². The van der Waals surface area contributed by atoms with Crippen LogP contribution in [0.15, 0.2) is 42.5 Å². The fourth-order valence-corrected chi connectivity index (χ4v) is 2.70. The topological polar surface area (TPSA) is 74.6 Å². The van der Waals surface area contributed by atoms with E-state index >= 15 is 0 Å². The molecule has 1 aliphatic rings. The molecule has 0 saturated heterocycles. The van der Waals surface area contributed by atoms with Gasteiger partial charge in [-0.1, -0.05) is 43.6 Å². The highest BCUT2D eigenvalue weighted by molar-refractivity contribution is 5.94. The zero-order valence-electron chi connectivity index (χ0n) is 13.6. The molecule has 0 fully saturated rings. The Kier molecular flexibility index (Phi) is 5.59. The SMILES string of the molecule is CCCCC#CC1(c2cc(C(=O)O)ccc2C(=O)O)C=CC=CC1. The second-order valence-corrected chi connectivity index (χ2v) is 5.74. The van der Waals surface area contributed by atoms with Crippen LogP contribution in [0.25, 0.3) is 0 Å². The van der Waals surface area contributed by atoms with Gasteiger partial charge in [-0.25, -0.2) is 9.59 Å². The molecule has 0 aliphatic heterocycles. The Morgan fingerprint density at radius 1 is 1.21 bits per heavy atom. The van der Waals surface area contributed by atoms with Gasteiger partial charge < -0.3 is 10.2 Å². The molecule has 4 heteroatoms. The Morgan fingerprint density at radius 3 is 2.58 bits per heavy atom. The number of allylic oxidation sites excluding steroid dienone is 4. The van der Waals surface area contributed by atoms with Gasteiger partial charge in [-0.15, -0.1) is 5.92 Å². The van der Waals surface area contributed by atoms with Gasteiger partial charge in [-0.3, -0.25) is 0 Å². The first-order valence-corrected chi connectivity index (χ1v) is 7.95. The number of carboxylic acid groups (broad SMARTS) is 2. The maximum absolute atomic E-state index is 11.6. The molecule has 1 unspecified atom stereocenters. The van der Waals surface area contributed by atoms with E-state index in [1.165, 1.54) is 18.2 Å². The van der Waals surface area contributed by atoms with Gasteiger partial charge in [0.1, 0.15) is 0 Å².